The van der Waals surface area contributed by atoms with Gasteiger partial charge in [-0.2, -0.15) is 0 Å². The lowest BCUT2D eigenvalue weighted by molar-refractivity contribution is 0.746. The number of hydrogen-bond acceptors (Lipinski definition) is 6. The van der Waals surface area contributed by atoms with E-state index in [2.05, 4.69) is 20.2 Å². The number of rotatable bonds is 3. The van der Waals surface area contributed by atoms with Gasteiger partial charge in [0, 0.05) is 18.5 Å². The fourth-order valence-electron chi connectivity index (χ4n) is 1.34. The maximum absolute atomic E-state index is 5.92. The molecule has 0 aliphatic rings. The zero-order valence-corrected chi connectivity index (χ0v) is 11.7. The molecule has 0 aliphatic carbocycles. The Balaban J connectivity index is 2.41. The van der Waals surface area contributed by atoms with Gasteiger partial charge in [0.25, 0.3) is 0 Å². The minimum absolute atomic E-state index is 0.242. The summed E-state index contributed by atoms with van der Waals surface area (Å²) in [6.45, 7) is 6.00. The molecule has 0 unspecified atom stereocenters. The smallest absolute Gasteiger partial charge is 0.197 e. The lowest BCUT2D eigenvalue weighted by Gasteiger charge is -2.10. The van der Waals surface area contributed by atoms with Gasteiger partial charge in [-0.3, -0.25) is 0 Å². The predicted octanol–water partition coefficient (Wildman–Crippen LogP) is 1.77. The minimum Gasteiger partial charge on any atom is -0.383 e. The standard InChI is InChI=1S/C11H16N6S/c1-6(2)9-14-8(12)7(3)10(15-9)18-11-16-13-5-17(11)4/h5-6H,1-4H3,(H2,12,14,15). The highest BCUT2D eigenvalue weighted by atomic mass is 32.2. The molecule has 0 spiro atoms. The first-order chi connectivity index (χ1) is 8.49. The molecule has 0 saturated heterocycles. The van der Waals surface area contributed by atoms with Gasteiger partial charge < -0.3 is 10.3 Å². The maximum Gasteiger partial charge on any atom is 0.197 e. The third kappa shape index (κ3) is 2.45. The molecule has 2 aromatic heterocycles. The van der Waals surface area contributed by atoms with Crippen molar-refractivity contribution in [1.82, 2.24) is 24.7 Å². The number of nitrogen functional groups attached to an aromatic ring is 1. The highest BCUT2D eigenvalue weighted by molar-refractivity contribution is 7.99. The average Bonchev–Trinajstić information content (AvgIpc) is 2.70. The molecule has 7 heteroatoms. The molecule has 96 valence electrons. The van der Waals surface area contributed by atoms with Crippen LogP contribution in [0.5, 0.6) is 0 Å². The van der Waals surface area contributed by atoms with Crippen molar-refractivity contribution in [2.24, 2.45) is 7.05 Å². The lowest BCUT2D eigenvalue weighted by Crippen LogP contribution is -2.06. The molecule has 18 heavy (non-hydrogen) atoms. The topological polar surface area (TPSA) is 82.5 Å². The van der Waals surface area contributed by atoms with Crippen LogP contribution in [0.3, 0.4) is 0 Å². The van der Waals surface area contributed by atoms with Crippen LogP contribution in [0.4, 0.5) is 5.82 Å². The molecule has 0 aromatic carbocycles. The highest BCUT2D eigenvalue weighted by Gasteiger charge is 2.14. The van der Waals surface area contributed by atoms with Crippen molar-refractivity contribution in [3.05, 3.63) is 17.7 Å². The number of anilines is 1. The van der Waals surface area contributed by atoms with Crippen LogP contribution in [-0.4, -0.2) is 24.7 Å². The Hall–Kier alpha value is -1.63. The number of nitrogens with two attached hydrogens (primary N) is 1. The fraction of sp³-hybridized carbons (Fsp3) is 0.455. The van der Waals surface area contributed by atoms with E-state index in [1.54, 1.807) is 6.33 Å². The molecule has 2 aromatic rings. The van der Waals surface area contributed by atoms with Gasteiger partial charge in [-0.25, -0.2) is 9.97 Å². The molecule has 2 heterocycles. The van der Waals surface area contributed by atoms with Crippen molar-refractivity contribution in [1.29, 1.82) is 0 Å². The Bertz CT molecular complexity index is 563. The molecule has 0 bridgehead atoms. The van der Waals surface area contributed by atoms with Crippen LogP contribution in [0, 0.1) is 6.92 Å². The first-order valence-electron chi connectivity index (χ1n) is 5.65. The molecule has 0 amide bonds. The Kier molecular flexibility index (Phi) is 3.51. The molecule has 2 rings (SSSR count). The lowest BCUT2D eigenvalue weighted by atomic mass is 10.2. The summed E-state index contributed by atoms with van der Waals surface area (Å²) in [6, 6.07) is 0. The van der Waals surface area contributed by atoms with Gasteiger partial charge in [0.1, 0.15) is 23.0 Å². The van der Waals surface area contributed by atoms with Gasteiger partial charge in [-0.15, -0.1) is 10.2 Å². The monoisotopic (exact) mass is 264 g/mol. The number of nitrogens with zero attached hydrogens (tertiary/aromatic N) is 5. The first-order valence-corrected chi connectivity index (χ1v) is 6.46. The van der Waals surface area contributed by atoms with Crippen molar-refractivity contribution in [2.45, 2.75) is 36.9 Å². The highest BCUT2D eigenvalue weighted by Crippen LogP contribution is 2.29. The third-order valence-corrected chi connectivity index (χ3v) is 3.67. The summed E-state index contributed by atoms with van der Waals surface area (Å²) < 4.78 is 1.84. The van der Waals surface area contributed by atoms with E-state index in [0.29, 0.717) is 5.82 Å². The van der Waals surface area contributed by atoms with Crippen LogP contribution in [-0.2, 0) is 7.05 Å². The summed E-state index contributed by atoms with van der Waals surface area (Å²) in [5.41, 5.74) is 6.80. The van der Waals surface area contributed by atoms with Crippen LogP contribution in [0.15, 0.2) is 16.5 Å². The summed E-state index contributed by atoms with van der Waals surface area (Å²) in [5, 5.41) is 9.49. The van der Waals surface area contributed by atoms with Crippen molar-refractivity contribution >= 4 is 17.6 Å². The summed E-state index contributed by atoms with van der Waals surface area (Å²) in [7, 11) is 1.89. The largest absolute Gasteiger partial charge is 0.383 e. The van der Waals surface area contributed by atoms with Crippen molar-refractivity contribution in [2.75, 3.05) is 5.73 Å². The second-order valence-electron chi connectivity index (χ2n) is 4.38. The molecule has 0 atom stereocenters. The van der Waals surface area contributed by atoms with E-state index in [4.69, 9.17) is 5.73 Å². The zero-order valence-electron chi connectivity index (χ0n) is 10.9. The van der Waals surface area contributed by atoms with Crippen molar-refractivity contribution in [3.8, 4) is 0 Å². The van der Waals surface area contributed by atoms with Crippen LogP contribution in [0.2, 0.25) is 0 Å². The summed E-state index contributed by atoms with van der Waals surface area (Å²) in [4.78, 5) is 8.83. The van der Waals surface area contributed by atoms with E-state index in [1.165, 1.54) is 11.8 Å². The van der Waals surface area contributed by atoms with Crippen LogP contribution in [0.25, 0.3) is 0 Å². The van der Waals surface area contributed by atoms with Gasteiger partial charge in [0.2, 0.25) is 0 Å². The average molecular weight is 264 g/mol. The molecule has 0 saturated carbocycles. The van der Waals surface area contributed by atoms with E-state index >= 15 is 0 Å². The van der Waals surface area contributed by atoms with E-state index in [0.717, 1.165) is 21.6 Å². The number of hydrogen-bond donors (Lipinski definition) is 1. The van der Waals surface area contributed by atoms with E-state index in [-0.39, 0.29) is 5.92 Å². The molecular weight excluding hydrogens is 248 g/mol. The van der Waals surface area contributed by atoms with Crippen molar-refractivity contribution in [3.63, 3.8) is 0 Å². The van der Waals surface area contributed by atoms with Gasteiger partial charge in [0.05, 0.1) is 0 Å². The maximum atomic E-state index is 5.92. The number of aryl methyl sites for hydroxylation is 1. The molecular formula is C11H16N6S. The van der Waals surface area contributed by atoms with Gasteiger partial charge in [-0.05, 0) is 18.7 Å². The van der Waals surface area contributed by atoms with Gasteiger partial charge >= 0.3 is 0 Å². The quantitative estimate of drug-likeness (QED) is 0.851. The molecule has 0 aliphatic heterocycles. The Labute approximate surface area is 110 Å². The van der Waals surface area contributed by atoms with Gasteiger partial charge in [-0.1, -0.05) is 13.8 Å². The minimum atomic E-state index is 0.242. The summed E-state index contributed by atoms with van der Waals surface area (Å²) in [5.74, 6) is 1.52. The van der Waals surface area contributed by atoms with Crippen molar-refractivity contribution < 1.29 is 0 Å². The SMILES string of the molecule is Cc1c(N)nc(C(C)C)nc1Sc1nncn1C. The third-order valence-electron chi connectivity index (χ3n) is 2.53. The summed E-state index contributed by atoms with van der Waals surface area (Å²) in [6.07, 6.45) is 1.66. The molecule has 0 fully saturated rings. The second-order valence-corrected chi connectivity index (χ2v) is 5.33. The second kappa shape index (κ2) is 4.93. The number of aromatic nitrogens is 5. The van der Waals surface area contributed by atoms with E-state index in [1.807, 2.05) is 32.4 Å². The Morgan fingerprint density at radius 3 is 2.61 bits per heavy atom. The van der Waals surface area contributed by atoms with Crippen LogP contribution < -0.4 is 5.73 Å². The normalized spacial score (nSPS) is 11.2. The van der Waals surface area contributed by atoms with Crippen LogP contribution in [0.1, 0.15) is 31.2 Å². The van der Waals surface area contributed by atoms with Crippen LogP contribution >= 0.6 is 11.8 Å². The molecule has 0 radical (unpaired) electrons. The van der Waals surface area contributed by atoms with Gasteiger partial charge in [0.15, 0.2) is 5.16 Å². The molecule has 6 nitrogen and oxygen atoms in total. The Morgan fingerprint density at radius 2 is 2.06 bits per heavy atom. The fourth-order valence-corrected chi connectivity index (χ4v) is 2.19. The predicted molar refractivity (Wildman–Crippen MR) is 70.4 cm³/mol. The van der Waals surface area contributed by atoms with E-state index in [9.17, 15) is 0 Å². The first kappa shape index (κ1) is 12.8. The Morgan fingerprint density at radius 1 is 1.33 bits per heavy atom. The summed E-state index contributed by atoms with van der Waals surface area (Å²) >= 11 is 1.45. The van der Waals surface area contributed by atoms with E-state index < -0.39 is 0 Å². The molecule has 2 N–H and O–H groups in total. The zero-order chi connectivity index (χ0) is 13.3.